The first-order chi connectivity index (χ1) is 15.6. The van der Waals surface area contributed by atoms with Gasteiger partial charge in [-0.1, -0.05) is 19.1 Å². The van der Waals surface area contributed by atoms with E-state index in [1.54, 1.807) is 19.2 Å². The number of aromatic nitrogens is 5. The van der Waals surface area contributed by atoms with Gasteiger partial charge in [0.2, 0.25) is 11.6 Å². The highest BCUT2D eigenvalue weighted by Gasteiger charge is 2.25. The molecule has 1 aromatic carbocycles. The summed E-state index contributed by atoms with van der Waals surface area (Å²) in [4.78, 5) is 15.1. The summed E-state index contributed by atoms with van der Waals surface area (Å²) in [5, 5.41) is 19.5. The van der Waals surface area contributed by atoms with E-state index in [0.717, 1.165) is 37.2 Å². The number of ether oxygens (including phenoxy) is 1. The molecule has 0 atom stereocenters. The number of methoxy groups -OCH3 is 1. The van der Waals surface area contributed by atoms with Gasteiger partial charge in [-0.3, -0.25) is 9.69 Å². The first-order valence-electron chi connectivity index (χ1n) is 10.3. The van der Waals surface area contributed by atoms with Crippen LogP contribution in [0.25, 0.3) is 5.82 Å². The highest BCUT2D eigenvalue weighted by molar-refractivity contribution is 5.94. The fourth-order valence-corrected chi connectivity index (χ4v) is 3.15. The largest absolute Gasteiger partial charge is 0.497 e. The summed E-state index contributed by atoms with van der Waals surface area (Å²) < 4.78 is 11.2. The van der Waals surface area contributed by atoms with Crippen LogP contribution in [0.15, 0.2) is 34.0 Å². The van der Waals surface area contributed by atoms with Crippen molar-refractivity contribution < 1.29 is 14.2 Å². The van der Waals surface area contributed by atoms with Crippen LogP contribution in [-0.2, 0) is 6.54 Å². The summed E-state index contributed by atoms with van der Waals surface area (Å²) in [7, 11) is 1.60. The number of hydrogen-bond donors (Lipinski definition) is 2. The Hall–Kier alpha value is -3.80. The van der Waals surface area contributed by atoms with Crippen molar-refractivity contribution in [3.05, 3.63) is 41.2 Å². The average Bonchev–Trinajstić information content (AvgIpc) is 3.40. The summed E-state index contributed by atoms with van der Waals surface area (Å²) in [5.74, 6) is 0.469. The Labute approximate surface area is 185 Å². The van der Waals surface area contributed by atoms with Crippen LogP contribution in [0.5, 0.6) is 5.75 Å². The van der Waals surface area contributed by atoms with E-state index in [9.17, 15) is 4.79 Å². The number of benzene rings is 1. The molecule has 1 amide bonds. The number of amides is 1. The van der Waals surface area contributed by atoms with E-state index in [2.05, 4.69) is 49.9 Å². The lowest BCUT2D eigenvalue weighted by molar-refractivity contribution is 0.0947. The molecule has 32 heavy (non-hydrogen) atoms. The van der Waals surface area contributed by atoms with Crippen molar-refractivity contribution in [3.63, 3.8) is 0 Å². The van der Waals surface area contributed by atoms with Gasteiger partial charge in [0.1, 0.15) is 5.75 Å². The number of anilines is 1. The van der Waals surface area contributed by atoms with E-state index in [-0.39, 0.29) is 17.3 Å². The normalized spacial score (nSPS) is 11.4. The first-order valence-corrected chi connectivity index (χ1v) is 10.3. The van der Waals surface area contributed by atoms with E-state index in [4.69, 9.17) is 15.1 Å². The van der Waals surface area contributed by atoms with Crippen LogP contribution >= 0.6 is 0 Å². The minimum Gasteiger partial charge on any atom is -0.497 e. The number of carbonyl (C=O) groups excluding carboxylic acids is 1. The van der Waals surface area contributed by atoms with Gasteiger partial charge < -0.3 is 10.5 Å². The van der Waals surface area contributed by atoms with Gasteiger partial charge in [-0.25, -0.2) is 10.1 Å². The Balaban J connectivity index is 1.83. The number of carbonyl (C=O) groups is 1. The van der Waals surface area contributed by atoms with Crippen LogP contribution in [0.4, 0.5) is 5.82 Å². The zero-order chi connectivity index (χ0) is 22.9. The fraction of sp³-hybridized carbons (Fsp3) is 0.400. The molecule has 2 aromatic heterocycles. The van der Waals surface area contributed by atoms with E-state index >= 15 is 0 Å². The van der Waals surface area contributed by atoms with E-state index < -0.39 is 5.91 Å². The molecule has 0 aliphatic rings. The van der Waals surface area contributed by atoms with Crippen molar-refractivity contribution in [2.45, 2.75) is 33.2 Å². The maximum atomic E-state index is 12.9. The molecule has 3 N–H and O–H groups in total. The summed E-state index contributed by atoms with van der Waals surface area (Å²) in [6, 6.07) is 7.26. The Morgan fingerprint density at radius 3 is 2.56 bits per heavy atom. The Kier molecular flexibility index (Phi) is 7.86. The molecule has 0 fully saturated rings. The number of nitrogens with two attached hydrogens (primary N) is 1. The minimum atomic E-state index is -0.501. The van der Waals surface area contributed by atoms with Gasteiger partial charge in [0, 0.05) is 6.54 Å². The topological polar surface area (TPSA) is 150 Å². The van der Waals surface area contributed by atoms with Crippen molar-refractivity contribution in [2.24, 2.45) is 5.10 Å². The lowest BCUT2D eigenvalue weighted by Crippen LogP contribution is -2.28. The van der Waals surface area contributed by atoms with Crippen molar-refractivity contribution in [1.29, 1.82) is 0 Å². The molecule has 3 rings (SSSR count). The third-order valence-electron chi connectivity index (χ3n) is 4.62. The van der Waals surface area contributed by atoms with Crippen LogP contribution in [0.3, 0.4) is 0 Å². The third-order valence-corrected chi connectivity index (χ3v) is 4.62. The summed E-state index contributed by atoms with van der Waals surface area (Å²) in [6.45, 7) is 6.31. The molecule has 0 aliphatic heterocycles. The second kappa shape index (κ2) is 11.0. The van der Waals surface area contributed by atoms with Gasteiger partial charge in [-0.05, 0) is 66.1 Å². The molecule has 0 saturated carbocycles. The number of nitrogens with zero attached hydrogens (tertiary/aromatic N) is 7. The minimum absolute atomic E-state index is 0.0539. The van der Waals surface area contributed by atoms with Crippen LogP contribution in [-0.4, -0.2) is 62.5 Å². The molecule has 0 spiro atoms. The Bertz CT molecular complexity index is 1040. The SMILES string of the molecule is CCCN(CCC)Cc1c(C(=O)N/N=C\c2ccc(OC)cc2)nnn1-c1nonc1N. The first kappa shape index (κ1) is 22.9. The molecule has 0 bridgehead atoms. The maximum absolute atomic E-state index is 12.9. The molecule has 0 saturated heterocycles. The van der Waals surface area contributed by atoms with Gasteiger partial charge in [-0.15, -0.1) is 5.10 Å². The lowest BCUT2D eigenvalue weighted by Gasteiger charge is -2.21. The standard InChI is InChI=1S/C20H27N9O3/c1-4-10-28(11-5-2)13-16-17(23-27-29(16)19-18(21)25-32-26-19)20(30)24-22-12-14-6-8-15(31-3)9-7-14/h6-9,12H,4-5,10-11,13H2,1-3H3,(H2,21,25)(H,24,30)/b22-12-. The number of nitrogens with one attached hydrogen (secondary N) is 1. The summed E-state index contributed by atoms with van der Waals surface area (Å²) in [5.41, 5.74) is 9.78. The molecule has 2 heterocycles. The molecule has 170 valence electrons. The van der Waals surface area contributed by atoms with E-state index in [1.807, 2.05) is 12.1 Å². The van der Waals surface area contributed by atoms with Gasteiger partial charge in [-0.2, -0.15) is 9.78 Å². The van der Waals surface area contributed by atoms with Gasteiger partial charge in [0.05, 0.1) is 19.0 Å². The van der Waals surface area contributed by atoms with Gasteiger partial charge in [0.15, 0.2) is 5.69 Å². The maximum Gasteiger partial charge on any atom is 0.293 e. The highest BCUT2D eigenvalue weighted by atomic mass is 16.6. The average molecular weight is 441 g/mol. The monoisotopic (exact) mass is 441 g/mol. The summed E-state index contributed by atoms with van der Waals surface area (Å²) >= 11 is 0. The lowest BCUT2D eigenvalue weighted by atomic mass is 10.2. The predicted octanol–water partition coefficient (Wildman–Crippen LogP) is 1.63. The quantitative estimate of drug-likeness (QED) is 0.334. The molecule has 0 unspecified atom stereocenters. The molecule has 12 nitrogen and oxygen atoms in total. The van der Waals surface area contributed by atoms with Crippen molar-refractivity contribution in [3.8, 4) is 11.6 Å². The number of hydrogen-bond acceptors (Lipinski definition) is 10. The smallest absolute Gasteiger partial charge is 0.293 e. The zero-order valence-corrected chi connectivity index (χ0v) is 18.4. The van der Waals surface area contributed by atoms with Crippen LogP contribution in [0.1, 0.15) is 48.4 Å². The van der Waals surface area contributed by atoms with Crippen molar-refractivity contribution >= 4 is 17.9 Å². The molecule has 0 aliphatic carbocycles. The second-order valence-corrected chi connectivity index (χ2v) is 7.02. The Morgan fingerprint density at radius 1 is 1.25 bits per heavy atom. The van der Waals surface area contributed by atoms with Crippen molar-refractivity contribution in [1.82, 2.24) is 35.6 Å². The highest BCUT2D eigenvalue weighted by Crippen LogP contribution is 2.18. The van der Waals surface area contributed by atoms with Gasteiger partial charge >= 0.3 is 0 Å². The molecular formula is C20H27N9O3. The zero-order valence-electron chi connectivity index (χ0n) is 18.4. The van der Waals surface area contributed by atoms with Gasteiger partial charge in [0.25, 0.3) is 5.91 Å². The van der Waals surface area contributed by atoms with Crippen LogP contribution in [0.2, 0.25) is 0 Å². The molecule has 3 aromatic rings. The van der Waals surface area contributed by atoms with Crippen LogP contribution in [0, 0.1) is 0 Å². The third kappa shape index (κ3) is 5.46. The summed E-state index contributed by atoms with van der Waals surface area (Å²) in [6.07, 6.45) is 3.45. The molecule has 12 heteroatoms. The van der Waals surface area contributed by atoms with Crippen LogP contribution < -0.4 is 15.9 Å². The predicted molar refractivity (Wildman–Crippen MR) is 118 cm³/mol. The number of hydrazone groups is 1. The number of nitrogen functional groups attached to an aromatic ring is 1. The fourth-order valence-electron chi connectivity index (χ4n) is 3.15. The molecular weight excluding hydrogens is 414 g/mol. The molecule has 0 radical (unpaired) electrons. The van der Waals surface area contributed by atoms with E-state index in [1.165, 1.54) is 10.9 Å². The van der Waals surface area contributed by atoms with Crippen molar-refractivity contribution in [2.75, 3.05) is 25.9 Å². The second-order valence-electron chi connectivity index (χ2n) is 7.02. The van der Waals surface area contributed by atoms with E-state index in [0.29, 0.717) is 12.2 Å². The Morgan fingerprint density at radius 2 is 1.97 bits per heavy atom. The number of rotatable bonds is 11.